The van der Waals surface area contributed by atoms with Gasteiger partial charge in [0.1, 0.15) is 5.75 Å². The van der Waals surface area contributed by atoms with Crippen molar-refractivity contribution in [2.75, 3.05) is 7.11 Å². The van der Waals surface area contributed by atoms with E-state index < -0.39 is 0 Å². The average molecular weight is 245 g/mol. The van der Waals surface area contributed by atoms with Crippen LogP contribution in [0.25, 0.3) is 0 Å². The fourth-order valence-electron chi connectivity index (χ4n) is 2.36. The van der Waals surface area contributed by atoms with Crippen LogP contribution in [0.1, 0.15) is 31.7 Å². The standard InChI is InChI=1S/C15H19NO2/c1-3-5-14(17)16-15(10-4-11-15)12-6-8-13(18-2)9-7-12/h3,5-9H,4,10-11H2,1-2H3,(H,16,17)/b5-3+. The van der Waals surface area contributed by atoms with Gasteiger partial charge in [-0.3, -0.25) is 4.79 Å². The van der Waals surface area contributed by atoms with Gasteiger partial charge < -0.3 is 10.1 Å². The summed E-state index contributed by atoms with van der Waals surface area (Å²) in [4.78, 5) is 11.7. The van der Waals surface area contributed by atoms with E-state index in [2.05, 4.69) is 5.32 Å². The number of amides is 1. The molecule has 3 heteroatoms. The van der Waals surface area contributed by atoms with E-state index in [-0.39, 0.29) is 11.4 Å². The van der Waals surface area contributed by atoms with Crippen molar-refractivity contribution in [2.24, 2.45) is 0 Å². The number of ether oxygens (including phenoxy) is 1. The van der Waals surface area contributed by atoms with Crippen LogP contribution in [0.4, 0.5) is 0 Å². The van der Waals surface area contributed by atoms with Gasteiger partial charge in [-0.25, -0.2) is 0 Å². The molecule has 1 N–H and O–H groups in total. The Bertz CT molecular complexity index is 444. The number of hydrogen-bond donors (Lipinski definition) is 1. The van der Waals surface area contributed by atoms with Gasteiger partial charge in [-0.1, -0.05) is 18.2 Å². The average Bonchev–Trinajstić information content (AvgIpc) is 2.34. The zero-order chi connectivity index (χ0) is 13.0. The fraction of sp³-hybridized carbons (Fsp3) is 0.400. The summed E-state index contributed by atoms with van der Waals surface area (Å²) < 4.78 is 5.15. The van der Waals surface area contributed by atoms with Crippen LogP contribution in [0, 0.1) is 0 Å². The van der Waals surface area contributed by atoms with Crippen molar-refractivity contribution in [2.45, 2.75) is 31.7 Å². The van der Waals surface area contributed by atoms with Crippen LogP contribution in [0.3, 0.4) is 0 Å². The van der Waals surface area contributed by atoms with Crippen LogP contribution in [-0.4, -0.2) is 13.0 Å². The second-order valence-electron chi connectivity index (χ2n) is 4.65. The predicted octanol–water partition coefficient (Wildman–Crippen LogP) is 2.77. The molecule has 18 heavy (non-hydrogen) atoms. The molecular weight excluding hydrogens is 226 g/mol. The Balaban J connectivity index is 2.18. The van der Waals surface area contributed by atoms with E-state index in [4.69, 9.17) is 4.74 Å². The first kappa shape index (κ1) is 12.7. The lowest BCUT2D eigenvalue weighted by Crippen LogP contribution is -2.50. The molecular formula is C15H19NO2. The molecule has 0 saturated heterocycles. The zero-order valence-electron chi connectivity index (χ0n) is 10.9. The number of carbonyl (C=O) groups is 1. The number of allylic oxidation sites excluding steroid dienone is 1. The minimum atomic E-state index is -0.178. The molecule has 1 saturated carbocycles. The molecule has 0 unspecified atom stereocenters. The number of benzene rings is 1. The molecule has 0 bridgehead atoms. The van der Waals surface area contributed by atoms with Gasteiger partial charge in [0.05, 0.1) is 12.6 Å². The van der Waals surface area contributed by atoms with Gasteiger partial charge in [0.15, 0.2) is 0 Å². The molecule has 1 fully saturated rings. The van der Waals surface area contributed by atoms with Crippen LogP contribution in [0.5, 0.6) is 5.75 Å². The van der Waals surface area contributed by atoms with Gasteiger partial charge in [0.2, 0.25) is 5.91 Å². The van der Waals surface area contributed by atoms with E-state index >= 15 is 0 Å². The molecule has 0 spiro atoms. The quantitative estimate of drug-likeness (QED) is 0.828. The van der Waals surface area contributed by atoms with Gasteiger partial charge in [0.25, 0.3) is 0 Å². The fourth-order valence-corrected chi connectivity index (χ4v) is 2.36. The Morgan fingerprint density at radius 1 is 1.33 bits per heavy atom. The maximum Gasteiger partial charge on any atom is 0.244 e. The Labute approximate surface area is 108 Å². The van der Waals surface area contributed by atoms with Crippen LogP contribution >= 0.6 is 0 Å². The third-order valence-electron chi connectivity index (χ3n) is 3.53. The number of nitrogens with one attached hydrogen (secondary N) is 1. The van der Waals surface area contributed by atoms with Crippen molar-refractivity contribution in [1.82, 2.24) is 5.32 Å². The summed E-state index contributed by atoms with van der Waals surface area (Å²) in [5.41, 5.74) is 0.982. The molecule has 0 radical (unpaired) electrons. The molecule has 1 aromatic rings. The third kappa shape index (κ3) is 2.40. The lowest BCUT2D eigenvalue weighted by atomic mass is 9.71. The van der Waals surface area contributed by atoms with Gasteiger partial charge >= 0.3 is 0 Å². The van der Waals surface area contributed by atoms with Crippen LogP contribution < -0.4 is 10.1 Å². The molecule has 1 aliphatic carbocycles. The first-order valence-electron chi connectivity index (χ1n) is 6.29. The summed E-state index contributed by atoms with van der Waals surface area (Å²) in [5, 5.41) is 3.12. The van der Waals surface area contributed by atoms with Gasteiger partial charge in [-0.05, 0) is 50.0 Å². The molecule has 1 aliphatic rings. The summed E-state index contributed by atoms with van der Waals surface area (Å²) in [6.45, 7) is 1.85. The molecule has 96 valence electrons. The second-order valence-corrected chi connectivity index (χ2v) is 4.65. The number of methoxy groups -OCH3 is 1. The van der Waals surface area contributed by atoms with E-state index in [1.165, 1.54) is 0 Å². The molecule has 1 amide bonds. The minimum absolute atomic E-state index is 0.0204. The third-order valence-corrected chi connectivity index (χ3v) is 3.53. The SMILES string of the molecule is C/C=C/C(=O)NC1(c2ccc(OC)cc2)CCC1. The summed E-state index contributed by atoms with van der Waals surface area (Å²) in [7, 11) is 1.65. The van der Waals surface area contributed by atoms with E-state index in [1.54, 1.807) is 19.3 Å². The monoisotopic (exact) mass is 245 g/mol. The van der Waals surface area contributed by atoms with Gasteiger partial charge in [-0.2, -0.15) is 0 Å². The van der Waals surface area contributed by atoms with E-state index in [1.807, 2.05) is 31.2 Å². The second kappa shape index (κ2) is 5.25. The van der Waals surface area contributed by atoms with Crippen molar-refractivity contribution in [3.63, 3.8) is 0 Å². The van der Waals surface area contributed by atoms with Crippen molar-refractivity contribution >= 4 is 5.91 Å². The van der Waals surface area contributed by atoms with Crippen molar-refractivity contribution in [1.29, 1.82) is 0 Å². The molecule has 0 aromatic heterocycles. The normalized spacial score (nSPS) is 17.2. The highest BCUT2D eigenvalue weighted by atomic mass is 16.5. The summed E-state index contributed by atoms with van der Waals surface area (Å²) in [5.74, 6) is 0.820. The summed E-state index contributed by atoms with van der Waals surface area (Å²) in [6.07, 6.45) is 6.49. The molecule has 0 atom stereocenters. The first-order valence-corrected chi connectivity index (χ1v) is 6.29. The lowest BCUT2D eigenvalue weighted by molar-refractivity contribution is -0.119. The highest BCUT2D eigenvalue weighted by Gasteiger charge is 2.39. The maximum absolute atomic E-state index is 11.7. The van der Waals surface area contributed by atoms with Crippen LogP contribution in [0.2, 0.25) is 0 Å². The van der Waals surface area contributed by atoms with Gasteiger partial charge in [-0.15, -0.1) is 0 Å². The van der Waals surface area contributed by atoms with Crippen LogP contribution in [-0.2, 0) is 10.3 Å². The Morgan fingerprint density at radius 3 is 2.44 bits per heavy atom. The smallest absolute Gasteiger partial charge is 0.244 e. The van der Waals surface area contributed by atoms with Crippen molar-refractivity contribution < 1.29 is 9.53 Å². The highest BCUT2D eigenvalue weighted by Crippen LogP contribution is 2.41. The molecule has 0 heterocycles. The number of hydrogen-bond acceptors (Lipinski definition) is 2. The Morgan fingerprint density at radius 2 is 2.00 bits per heavy atom. The Hall–Kier alpha value is -1.77. The summed E-state index contributed by atoms with van der Waals surface area (Å²) >= 11 is 0. The predicted molar refractivity (Wildman–Crippen MR) is 71.5 cm³/mol. The van der Waals surface area contributed by atoms with E-state index in [0.29, 0.717) is 0 Å². The summed E-state index contributed by atoms with van der Waals surface area (Å²) in [6, 6.07) is 7.95. The number of rotatable bonds is 4. The Kier molecular flexibility index (Phi) is 3.70. The lowest BCUT2D eigenvalue weighted by Gasteiger charge is -2.43. The molecule has 1 aromatic carbocycles. The number of carbonyl (C=O) groups excluding carboxylic acids is 1. The van der Waals surface area contributed by atoms with E-state index in [0.717, 1.165) is 30.6 Å². The zero-order valence-corrected chi connectivity index (χ0v) is 10.9. The van der Waals surface area contributed by atoms with Crippen molar-refractivity contribution in [3.8, 4) is 5.75 Å². The highest BCUT2D eigenvalue weighted by molar-refractivity contribution is 5.88. The molecule has 0 aliphatic heterocycles. The van der Waals surface area contributed by atoms with Gasteiger partial charge in [0, 0.05) is 0 Å². The molecule has 3 nitrogen and oxygen atoms in total. The largest absolute Gasteiger partial charge is 0.497 e. The minimum Gasteiger partial charge on any atom is -0.497 e. The van der Waals surface area contributed by atoms with Crippen molar-refractivity contribution in [3.05, 3.63) is 42.0 Å². The topological polar surface area (TPSA) is 38.3 Å². The maximum atomic E-state index is 11.7. The molecule has 2 rings (SSSR count). The first-order chi connectivity index (χ1) is 8.70. The van der Waals surface area contributed by atoms with E-state index in [9.17, 15) is 4.79 Å². The van der Waals surface area contributed by atoms with Crippen LogP contribution in [0.15, 0.2) is 36.4 Å².